The molecule has 5 nitrogen and oxygen atoms in total. The van der Waals surface area contributed by atoms with Gasteiger partial charge in [0, 0.05) is 25.3 Å². The lowest BCUT2D eigenvalue weighted by atomic mass is 9.83. The molecule has 0 aliphatic rings. The van der Waals surface area contributed by atoms with Crippen LogP contribution in [0.5, 0.6) is 0 Å². The number of hydrogen-bond donors (Lipinski definition) is 4. The lowest BCUT2D eigenvalue weighted by molar-refractivity contribution is 0.0162. The molecule has 0 fully saturated rings. The SMILES string of the molecule is CCCCCCCCCCCCCCCCCC(CCO)(CCO)N(CCO)CCCN. The first kappa shape index (κ1) is 31.8. The van der Waals surface area contributed by atoms with Gasteiger partial charge in [0.05, 0.1) is 6.61 Å². The Morgan fingerprint density at radius 3 is 1.34 bits per heavy atom. The Kier molecular flexibility index (Phi) is 23.8. The Bertz CT molecular complexity index is 363. The number of nitrogens with two attached hydrogens (primary N) is 1. The molecule has 0 aromatic rings. The van der Waals surface area contributed by atoms with Crippen molar-refractivity contribution in [2.24, 2.45) is 5.73 Å². The van der Waals surface area contributed by atoms with Gasteiger partial charge < -0.3 is 21.1 Å². The van der Waals surface area contributed by atoms with Gasteiger partial charge in [0.25, 0.3) is 0 Å². The van der Waals surface area contributed by atoms with Gasteiger partial charge in [-0.15, -0.1) is 0 Å². The average molecular weight is 459 g/mol. The van der Waals surface area contributed by atoms with Crippen LogP contribution in [0.25, 0.3) is 0 Å². The molecule has 0 rings (SSSR count). The Morgan fingerprint density at radius 1 is 0.531 bits per heavy atom. The van der Waals surface area contributed by atoms with E-state index in [4.69, 9.17) is 5.73 Å². The highest BCUT2D eigenvalue weighted by molar-refractivity contribution is 4.90. The molecule has 0 aromatic heterocycles. The first-order valence-corrected chi connectivity index (χ1v) is 14.0. The summed E-state index contributed by atoms with van der Waals surface area (Å²) in [7, 11) is 0. The molecule has 0 heterocycles. The molecule has 194 valence electrons. The summed E-state index contributed by atoms with van der Waals surface area (Å²) in [5.74, 6) is 0. The van der Waals surface area contributed by atoms with E-state index < -0.39 is 0 Å². The van der Waals surface area contributed by atoms with E-state index in [1.54, 1.807) is 0 Å². The maximum atomic E-state index is 9.70. The maximum Gasteiger partial charge on any atom is 0.0558 e. The van der Waals surface area contributed by atoms with Gasteiger partial charge in [-0.3, -0.25) is 4.90 Å². The number of aliphatic hydroxyl groups is 3. The summed E-state index contributed by atoms with van der Waals surface area (Å²) in [5, 5.41) is 28.9. The minimum Gasteiger partial charge on any atom is -0.396 e. The van der Waals surface area contributed by atoms with Crippen LogP contribution in [0.1, 0.15) is 129 Å². The quantitative estimate of drug-likeness (QED) is 0.130. The van der Waals surface area contributed by atoms with E-state index in [9.17, 15) is 15.3 Å². The van der Waals surface area contributed by atoms with E-state index in [0.29, 0.717) is 25.9 Å². The second-order valence-electron chi connectivity index (χ2n) is 9.72. The van der Waals surface area contributed by atoms with Crippen LogP contribution in [-0.2, 0) is 0 Å². The van der Waals surface area contributed by atoms with E-state index in [2.05, 4.69) is 11.8 Å². The lowest BCUT2D eigenvalue weighted by Crippen LogP contribution is -2.52. The standard InChI is InChI=1S/C27H58N2O3/c1-2-3-4-5-6-7-8-9-10-11-12-13-14-15-16-18-27(19-24-30,20-25-31)29(23-26-32)22-17-21-28/h30-32H,2-26,28H2,1H3. The minimum absolute atomic E-state index is 0.0992. The third-order valence-electron chi connectivity index (χ3n) is 7.07. The topological polar surface area (TPSA) is 90.0 Å². The molecule has 0 bridgehead atoms. The van der Waals surface area contributed by atoms with Crippen LogP contribution in [0.3, 0.4) is 0 Å². The summed E-state index contributed by atoms with van der Waals surface area (Å²) in [6.07, 6.45) is 23.4. The fourth-order valence-corrected chi connectivity index (χ4v) is 5.08. The Hall–Kier alpha value is -0.200. The largest absolute Gasteiger partial charge is 0.396 e. The fraction of sp³-hybridized carbons (Fsp3) is 1.00. The van der Waals surface area contributed by atoms with Gasteiger partial charge in [0.2, 0.25) is 0 Å². The van der Waals surface area contributed by atoms with Crippen LogP contribution in [-0.4, -0.2) is 65.2 Å². The van der Waals surface area contributed by atoms with E-state index in [1.165, 1.54) is 89.9 Å². The minimum atomic E-state index is -0.224. The van der Waals surface area contributed by atoms with Gasteiger partial charge in [0.1, 0.15) is 0 Å². The van der Waals surface area contributed by atoms with E-state index in [0.717, 1.165) is 25.8 Å². The Balaban J connectivity index is 4.02. The van der Waals surface area contributed by atoms with Crippen molar-refractivity contribution >= 4 is 0 Å². The Morgan fingerprint density at radius 2 is 0.969 bits per heavy atom. The molecule has 5 N–H and O–H groups in total. The van der Waals surface area contributed by atoms with Gasteiger partial charge in [-0.2, -0.15) is 0 Å². The van der Waals surface area contributed by atoms with Crippen molar-refractivity contribution in [2.75, 3.05) is 39.5 Å². The van der Waals surface area contributed by atoms with E-state index >= 15 is 0 Å². The highest BCUT2D eigenvalue weighted by Crippen LogP contribution is 2.31. The van der Waals surface area contributed by atoms with Crippen LogP contribution in [0, 0.1) is 0 Å². The Labute approximate surface area is 200 Å². The second-order valence-corrected chi connectivity index (χ2v) is 9.72. The summed E-state index contributed by atoms with van der Waals surface area (Å²) < 4.78 is 0. The summed E-state index contributed by atoms with van der Waals surface area (Å²) in [4.78, 5) is 2.27. The molecule has 32 heavy (non-hydrogen) atoms. The maximum absolute atomic E-state index is 9.70. The van der Waals surface area contributed by atoms with Crippen LogP contribution < -0.4 is 5.73 Å². The highest BCUT2D eigenvalue weighted by atomic mass is 16.3. The molecule has 5 heteroatoms. The van der Waals surface area contributed by atoms with Crippen LogP contribution in [0.4, 0.5) is 0 Å². The molecule has 0 saturated heterocycles. The number of unbranched alkanes of at least 4 members (excludes halogenated alkanes) is 14. The highest BCUT2D eigenvalue weighted by Gasteiger charge is 2.34. The molecule has 0 aromatic carbocycles. The number of rotatable bonds is 26. The van der Waals surface area contributed by atoms with Crippen molar-refractivity contribution in [3.05, 3.63) is 0 Å². The van der Waals surface area contributed by atoms with Gasteiger partial charge >= 0.3 is 0 Å². The predicted molar refractivity (Wildman–Crippen MR) is 138 cm³/mol. The summed E-state index contributed by atoms with van der Waals surface area (Å²) >= 11 is 0. The number of hydrogen-bond acceptors (Lipinski definition) is 5. The third kappa shape index (κ3) is 16.4. The first-order valence-electron chi connectivity index (χ1n) is 14.0. The van der Waals surface area contributed by atoms with Crippen molar-refractivity contribution in [2.45, 2.75) is 134 Å². The molecular weight excluding hydrogens is 400 g/mol. The number of β-amino-alcohol motifs (C(OH)–C–C–N with tert-alkyl or cyclic N) is 1. The first-order chi connectivity index (χ1) is 15.7. The molecular formula is C27H58N2O3. The molecule has 0 amide bonds. The molecule has 0 saturated carbocycles. The molecule has 0 atom stereocenters. The van der Waals surface area contributed by atoms with Crippen LogP contribution in [0.2, 0.25) is 0 Å². The van der Waals surface area contributed by atoms with Gasteiger partial charge in [-0.25, -0.2) is 0 Å². The third-order valence-corrected chi connectivity index (χ3v) is 7.07. The van der Waals surface area contributed by atoms with Crippen molar-refractivity contribution in [1.82, 2.24) is 4.90 Å². The zero-order chi connectivity index (χ0) is 23.8. The molecule has 0 aliphatic heterocycles. The van der Waals surface area contributed by atoms with Crippen LogP contribution >= 0.6 is 0 Å². The van der Waals surface area contributed by atoms with Crippen molar-refractivity contribution in [3.63, 3.8) is 0 Å². The normalized spacial score (nSPS) is 12.2. The zero-order valence-corrected chi connectivity index (χ0v) is 21.5. The number of nitrogens with zero attached hydrogens (tertiary/aromatic N) is 1. The van der Waals surface area contributed by atoms with Gasteiger partial charge in [-0.1, -0.05) is 103 Å². The summed E-state index contributed by atoms with van der Waals surface area (Å²) in [5.41, 5.74) is 5.49. The molecule has 0 unspecified atom stereocenters. The van der Waals surface area contributed by atoms with Gasteiger partial charge in [-0.05, 0) is 38.8 Å². The van der Waals surface area contributed by atoms with E-state index in [-0.39, 0.29) is 25.4 Å². The van der Waals surface area contributed by atoms with E-state index in [1.807, 2.05) is 0 Å². The van der Waals surface area contributed by atoms with Crippen molar-refractivity contribution in [1.29, 1.82) is 0 Å². The predicted octanol–water partition coefficient (Wildman–Crippen LogP) is 5.39. The lowest BCUT2D eigenvalue weighted by Gasteiger charge is -2.44. The molecule has 0 radical (unpaired) electrons. The zero-order valence-electron chi connectivity index (χ0n) is 21.5. The summed E-state index contributed by atoms with van der Waals surface area (Å²) in [6.45, 7) is 4.62. The average Bonchev–Trinajstić information content (AvgIpc) is 2.79. The molecule has 0 spiro atoms. The molecule has 0 aliphatic carbocycles. The monoisotopic (exact) mass is 458 g/mol. The summed E-state index contributed by atoms with van der Waals surface area (Å²) in [6, 6.07) is 0. The number of aliphatic hydroxyl groups excluding tert-OH is 3. The van der Waals surface area contributed by atoms with Crippen molar-refractivity contribution in [3.8, 4) is 0 Å². The van der Waals surface area contributed by atoms with Crippen LogP contribution in [0.15, 0.2) is 0 Å². The smallest absolute Gasteiger partial charge is 0.0558 e. The van der Waals surface area contributed by atoms with Gasteiger partial charge in [0.15, 0.2) is 0 Å². The fourth-order valence-electron chi connectivity index (χ4n) is 5.08. The second kappa shape index (κ2) is 23.9. The van der Waals surface area contributed by atoms with Crippen molar-refractivity contribution < 1.29 is 15.3 Å².